The number of hydrogen-bond donors (Lipinski definition) is 10. The lowest BCUT2D eigenvalue weighted by Crippen LogP contribution is -2.45. The molecule has 0 saturated heterocycles. The molecule has 0 aliphatic carbocycles. The van der Waals surface area contributed by atoms with Crippen LogP contribution in [-0.2, 0) is 105 Å². The third-order valence-electron chi connectivity index (χ3n) is 14.9. The average Bonchev–Trinajstić information content (AvgIpc) is 0.851. The van der Waals surface area contributed by atoms with Crippen molar-refractivity contribution in [3.05, 3.63) is 79.5 Å². The molecule has 0 heterocycles. The summed E-state index contributed by atoms with van der Waals surface area (Å²) in [5.74, 6) is -9.23. The number of carboxylic acid groups (broad SMARTS) is 2. The molecule has 124 heavy (non-hydrogen) atoms. The molecule has 8 amide bonds. The lowest BCUT2D eigenvalue weighted by atomic mass is 10.1. The van der Waals surface area contributed by atoms with Gasteiger partial charge in [0.1, 0.15) is 59.2 Å². The number of aliphatic carboxylic acids is 2. The summed E-state index contributed by atoms with van der Waals surface area (Å²) in [7, 11) is 0. The van der Waals surface area contributed by atoms with Gasteiger partial charge in [0, 0.05) is 110 Å². The van der Waals surface area contributed by atoms with Crippen molar-refractivity contribution >= 4 is 83.1 Å². The predicted molar refractivity (Wildman–Crippen MR) is 442 cm³/mol. The van der Waals surface area contributed by atoms with Gasteiger partial charge in [-0.05, 0) is 143 Å². The number of carbonyl (C=O) groups is 14. The highest BCUT2D eigenvalue weighted by Crippen LogP contribution is 2.22. The van der Waals surface area contributed by atoms with E-state index in [-0.39, 0.29) is 202 Å². The molecule has 0 spiro atoms. The number of benzene rings is 2. The fourth-order valence-corrected chi connectivity index (χ4v) is 9.58. The van der Waals surface area contributed by atoms with Gasteiger partial charge >= 0.3 is 35.8 Å². The van der Waals surface area contributed by atoms with E-state index < -0.39 is 106 Å². The Kier molecular flexibility index (Phi) is 57.1. The summed E-state index contributed by atoms with van der Waals surface area (Å²) in [6.07, 6.45) is -1.63. The SMILES string of the molecule is CC(C)(C)OC(=O)CCC(NC(=O)CCNC(=O)c1cc(OCCNC(=O)CCOCCOCCOCCOCCN=[N+]=[N-])cc(C(=O)NCCC(=O)NC(CCC(=O)OC(C)(C)C)C(=O)OC(C)(C)C)c1)C(=O)OC(C)(C)C.[N-]=[N+]=NCCOCCOCCOCCOCCC(=O)NCCOc1cc(C(=O)NCCC(=O)O)cc(C(=O)NCCC(=O)O)c1. The van der Waals surface area contributed by atoms with Crippen LogP contribution >= 0.6 is 0 Å². The van der Waals surface area contributed by atoms with E-state index in [1.54, 1.807) is 83.1 Å². The lowest BCUT2D eigenvalue weighted by molar-refractivity contribution is -0.161. The number of ether oxygens (including phenoxy) is 14. The van der Waals surface area contributed by atoms with Crippen LogP contribution in [0.3, 0.4) is 0 Å². The largest absolute Gasteiger partial charge is 0.492 e. The van der Waals surface area contributed by atoms with Crippen LogP contribution < -0.4 is 52.0 Å². The molecule has 0 aromatic heterocycles. The molecule has 2 aromatic carbocycles. The Morgan fingerprint density at radius 2 is 0.589 bits per heavy atom. The van der Waals surface area contributed by atoms with Gasteiger partial charge in [-0.25, -0.2) is 9.59 Å². The molecule has 2 atom stereocenters. The van der Waals surface area contributed by atoms with Gasteiger partial charge < -0.3 is 119 Å². The topological polar surface area (TPSA) is 602 Å². The normalized spacial score (nSPS) is 11.6. The standard InChI is InChI=1S/C53H86N8O18.C27H40N6O12/c1-50(2,3)76-44(65)15-13-39(48(69)78-52(7,8)9)59-42(63)17-20-56-46(67)36-33-37(47(68)57-21-18-43(64)60-40(49(70)79-53(10,11)12)14-16-45(66)77-51(4,5)6)35-38(34-36)75-26-22-55-41(62)19-24-71-27-29-73-31-32-74-30-28-72-25-23-58-61-54;28-33-32-7-9-42-12-14-44-16-15-43-13-11-41-8-3-23(34)29-6-10-45-22-18-20(26(39)30-4-1-24(35)36)17-21(19-22)27(40)31-5-2-25(37)38/h33-35,39-40H,13-32H2,1-12H3,(H,55,62)(H,56,67)(H,57,68)(H,59,63)(H,60,64);17-19H,1-16H2,(H,29,34)(H,30,39)(H,31,40)(H,35,36)(H,37,38). The zero-order valence-electron chi connectivity index (χ0n) is 73.1. The van der Waals surface area contributed by atoms with E-state index in [1.165, 1.54) is 36.4 Å². The quantitative estimate of drug-likeness (QED) is 0.0109. The van der Waals surface area contributed by atoms with Gasteiger partial charge in [0.25, 0.3) is 23.6 Å². The monoisotopic (exact) mass is 1760 g/mol. The number of nitrogens with zero attached hydrogens (tertiary/aromatic N) is 6. The molecule has 0 radical (unpaired) electrons. The third kappa shape index (κ3) is 62.1. The van der Waals surface area contributed by atoms with Crippen LogP contribution in [0.5, 0.6) is 11.5 Å². The van der Waals surface area contributed by atoms with E-state index in [9.17, 15) is 67.1 Å². The van der Waals surface area contributed by atoms with E-state index in [1.807, 2.05) is 0 Å². The van der Waals surface area contributed by atoms with Crippen molar-refractivity contribution in [2.75, 3.05) is 171 Å². The van der Waals surface area contributed by atoms with Gasteiger partial charge in [-0.3, -0.25) is 57.5 Å². The van der Waals surface area contributed by atoms with E-state index in [0.717, 1.165) is 0 Å². The molecule has 0 aliphatic heterocycles. The number of carbonyl (C=O) groups excluding carboxylic acids is 12. The number of nitrogens with one attached hydrogen (secondary N) is 8. The zero-order valence-corrected chi connectivity index (χ0v) is 73.1. The molecular formula is C80H126N14O30. The maximum absolute atomic E-state index is 13.6. The van der Waals surface area contributed by atoms with Crippen molar-refractivity contribution in [1.82, 2.24) is 42.5 Å². The molecule has 2 aromatic rings. The molecular weight excluding hydrogens is 1640 g/mol. The van der Waals surface area contributed by atoms with Crippen LogP contribution in [0, 0.1) is 0 Å². The summed E-state index contributed by atoms with van der Waals surface area (Å²) in [6, 6.07) is 5.55. The second-order valence-electron chi connectivity index (χ2n) is 30.6. The Morgan fingerprint density at radius 1 is 0.323 bits per heavy atom. The molecule has 2 rings (SSSR count). The van der Waals surface area contributed by atoms with Gasteiger partial charge in [-0.1, -0.05) is 10.2 Å². The van der Waals surface area contributed by atoms with E-state index >= 15 is 0 Å². The first-order valence-electron chi connectivity index (χ1n) is 40.4. The van der Waals surface area contributed by atoms with Crippen LogP contribution in [-0.4, -0.2) is 299 Å². The van der Waals surface area contributed by atoms with Crippen LogP contribution in [0.4, 0.5) is 0 Å². The Morgan fingerprint density at radius 3 is 0.855 bits per heavy atom. The molecule has 0 fully saturated rings. The highest BCUT2D eigenvalue weighted by molar-refractivity contribution is 6.02. The molecule has 696 valence electrons. The van der Waals surface area contributed by atoms with Crippen LogP contribution in [0.25, 0.3) is 20.9 Å². The highest BCUT2D eigenvalue weighted by atomic mass is 16.6. The van der Waals surface area contributed by atoms with E-state index in [0.29, 0.717) is 79.3 Å². The van der Waals surface area contributed by atoms with Crippen LogP contribution in [0.2, 0.25) is 0 Å². The minimum atomic E-state index is -1.20. The van der Waals surface area contributed by atoms with Gasteiger partial charge in [0.05, 0.1) is 132 Å². The Bertz CT molecular complexity index is 3590. The molecule has 44 nitrogen and oxygen atoms in total. The first kappa shape index (κ1) is 111. The maximum atomic E-state index is 13.6. The second-order valence-corrected chi connectivity index (χ2v) is 30.6. The number of azide groups is 2. The van der Waals surface area contributed by atoms with Crippen LogP contribution in [0.15, 0.2) is 46.6 Å². The number of rotatable bonds is 64. The van der Waals surface area contributed by atoms with E-state index in [2.05, 4.69) is 62.6 Å². The Hall–Kier alpha value is -11.1. The smallest absolute Gasteiger partial charge is 0.329 e. The summed E-state index contributed by atoms with van der Waals surface area (Å²) in [5.41, 5.74) is 13.0. The lowest BCUT2D eigenvalue weighted by Gasteiger charge is -2.25. The summed E-state index contributed by atoms with van der Waals surface area (Å²) >= 11 is 0. The van der Waals surface area contributed by atoms with Crippen LogP contribution in [0.1, 0.15) is 189 Å². The van der Waals surface area contributed by atoms with Crippen molar-refractivity contribution in [1.29, 1.82) is 0 Å². The summed E-state index contributed by atoms with van der Waals surface area (Å²) in [4.78, 5) is 181. The van der Waals surface area contributed by atoms with E-state index in [4.69, 9.17) is 87.6 Å². The number of amides is 8. The molecule has 2 unspecified atom stereocenters. The summed E-state index contributed by atoms with van der Waals surface area (Å²) < 4.78 is 75.8. The fraction of sp³-hybridized carbons (Fsp3) is 0.675. The number of hydrogen-bond acceptors (Lipinski definition) is 30. The van der Waals surface area contributed by atoms with Gasteiger partial charge in [-0.2, -0.15) is 0 Å². The maximum Gasteiger partial charge on any atom is 0.329 e. The zero-order chi connectivity index (χ0) is 92.8. The van der Waals surface area contributed by atoms with Crippen molar-refractivity contribution in [3.63, 3.8) is 0 Å². The van der Waals surface area contributed by atoms with Crippen molar-refractivity contribution in [2.45, 2.75) is 182 Å². The minimum Gasteiger partial charge on any atom is -0.492 e. The molecule has 0 aliphatic rings. The fourth-order valence-electron chi connectivity index (χ4n) is 9.58. The van der Waals surface area contributed by atoms with Gasteiger partial charge in [0.15, 0.2) is 0 Å². The van der Waals surface area contributed by atoms with Gasteiger partial charge in [-0.15, -0.1) is 0 Å². The average molecular weight is 1760 g/mol. The summed E-state index contributed by atoms with van der Waals surface area (Å²) in [6.45, 7) is 25.1. The van der Waals surface area contributed by atoms with Crippen molar-refractivity contribution in [3.8, 4) is 11.5 Å². The first-order valence-corrected chi connectivity index (χ1v) is 40.4. The van der Waals surface area contributed by atoms with Gasteiger partial charge in [0.2, 0.25) is 23.6 Å². The molecule has 0 saturated carbocycles. The Balaban J connectivity index is 0.00000144. The molecule has 0 bridgehead atoms. The Labute approximate surface area is 720 Å². The molecule has 44 heteroatoms. The molecule has 10 N–H and O–H groups in total. The highest BCUT2D eigenvalue weighted by Gasteiger charge is 2.31. The number of carboxylic acids is 2. The summed E-state index contributed by atoms with van der Waals surface area (Å²) in [5, 5.41) is 44.8. The third-order valence-corrected chi connectivity index (χ3v) is 14.9. The first-order chi connectivity index (χ1) is 58.6. The predicted octanol–water partition coefficient (Wildman–Crippen LogP) is 4.44. The minimum absolute atomic E-state index is 0.00847. The van der Waals surface area contributed by atoms with Crippen molar-refractivity contribution < 1.29 is 144 Å². The number of esters is 4. The second kappa shape index (κ2) is 63.8. The van der Waals surface area contributed by atoms with Crippen molar-refractivity contribution in [2.24, 2.45) is 10.2 Å².